The lowest BCUT2D eigenvalue weighted by molar-refractivity contribution is -0.120. The fraction of sp³-hybridized carbons (Fsp3) is 0.462. The summed E-state index contributed by atoms with van der Waals surface area (Å²) < 4.78 is 23.9. The van der Waals surface area contributed by atoms with Gasteiger partial charge in [-0.1, -0.05) is 25.1 Å². The van der Waals surface area contributed by atoms with Crippen LogP contribution in [-0.2, 0) is 14.6 Å². The van der Waals surface area contributed by atoms with Crippen molar-refractivity contribution in [2.24, 2.45) is 0 Å². The topological polar surface area (TPSA) is 63.2 Å². The molecule has 0 heterocycles. The van der Waals surface area contributed by atoms with Gasteiger partial charge in [-0.3, -0.25) is 4.79 Å². The highest BCUT2D eigenvalue weighted by Crippen LogP contribution is 2.11. The maximum Gasteiger partial charge on any atom is 0.235 e. The molecule has 1 N–H and O–H groups in total. The number of hydrogen-bond donors (Lipinski definition) is 1. The fourth-order valence-corrected chi connectivity index (χ4v) is 2.54. The molecule has 18 heavy (non-hydrogen) atoms. The summed E-state index contributed by atoms with van der Waals surface area (Å²) in [4.78, 5) is 11.9. The van der Waals surface area contributed by atoms with Gasteiger partial charge in [-0.25, -0.2) is 8.42 Å². The van der Waals surface area contributed by atoms with Crippen molar-refractivity contribution in [1.29, 1.82) is 0 Å². The third-order valence-corrected chi connectivity index (χ3v) is 4.42. The molecule has 0 saturated carbocycles. The van der Waals surface area contributed by atoms with Crippen molar-refractivity contribution < 1.29 is 13.2 Å². The summed E-state index contributed by atoms with van der Waals surface area (Å²) in [6, 6.07) is 8.00. The lowest BCUT2D eigenvalue weighted by Crippen LogP contribution is -2.45. The summed E-state index contributed by atoms with van der Waals surface area (Å²) in [5.41, 5.74) is -0.386. The summed E-state index contributed by atoms with van der Waals surface area (Å²) in [6.07, 6.45) is 0.740. The molecule has 4 nitrogen and oxygen atoms in total. The third kappa shape index (κ3) is 4.14. The maximum absolute atomic E-state index is 12.0. The van der Waals surface area contributed by atoms with Crippen LogP contribution in [0, 0.1) is 0 Å². The molecule has 0 spiro atoms. The zero-order valence-corrected chi connectivity index (χ0v) is 11.8. The minimum Gasteiger partial charge on any atom is -0.350 e. The number of carbonyl (C=O) groups is 1. The lowest BCUT2D eigenvalue weighted by Gasteiger charge is -2.24. The monoisotopic (exact) mass is 269 g/mol. The molecule has 0 radical (unpaired) electrons. The molecule has 5 heteroatoms. The third-order valence-electron chi connectivity index (χ3n) is 2.79. The van der Waals surface area contributed by atoms with Crippen molar-refractivity contribution in [1.82, 2.24) is 5.32 Å². The summed E-state index contributed by atoms with van der Waals surface area (Å²) in [5, 5.41) is 2.71. The first kappa shape index (κ1) is 14.7. The van der Waals surface area contributed by atoms with Crippen LogP contribution in [0.2, 0.25) is 0 Å². The van der Waals surface area contributed by atoms with Gasteiger partial charge in [0.25, 0.3) is 0 Å². The Hall–Kier alpha value is -1.36. The SMILES string of the molecule is CCC(C)(C)NC(=O)CS(=O)(=O)c1ccccc1. The molecule has 100 valence electrons. The van der Waals surface area contributed by atoms with Crippen molar-refractivity contribution in [2.45, 2.75) is 37.6 Å². The molecule has 1 aromatic carbocycles. The second-order valence-electron chi connectivity index (χ2n) is 4.86. The minimum atomic E-state index is -3.55. The molecule has 0 aliphatic carbocycles. The standard InChI is InChI=1S/C13H19NO3S/c1-4-13(2,3)14-12(15)10-18(16,17)11-8-6-5-7-9-11/h5-9H,4,10H2,1-3H3,(H,14,15). The average molecular weight is 269 g/mol. The lowest BCUT2D eigenvalue weighted by atomic mass is 10.0. The number of hydrogen-bond acceptors (Lipinski definition) is 3. The molecule has 0 saturated heterocycles. The van der Waals surface area contributed by atoms with Crippen LogP contribution in [0.3, 0.4) is 0 Å². The van der Waals surface area contributed by atoms with Crippen molar-refractivity contribution in [3.8, 4) is 0 Å². The van der Waals surface area contributed by atoms with E-state index in [2.05, 4.69) is 5.32 Å². The molecule has 1 amide bonds. The first-order valence-corrected chi connectivity index (χ1v) is 7.51. The van der Waals surface area contributed by atoms with Crippen LogP contribution in [0.25, 0.3) is 0 Å². The second kappa shape index (κ2) is 5.52. The smallest absolute Gasteiger partial charge is 0.235 e. The Morgan fingerprint density at radius 3 is 2.28 bits per heavy atom. The first-order valence-electron chi connectivity index (χ1n) is 5.86. The molecule has 0 unspecified atom stereocenters. The van der Waals surface area contributed by atoms with Crippen LogP contribution in [0.1, 0.15) is 27.2 Å². The molecule has 0 aliphatic heterocycles. The zero-order valence-electron chi connectivity index (χ0n) is 10.9. The average Bonchev–Trinajstić information content (AvgIpc) is 2.28. The van der Waals surface area contributed by atoms with Crippen molar-refractivity contribution in [3.63, 3.8) is 0 Å². The van der Waals surface area contributed by atoms with Gasteiger partial charge in [0.05, 0.1) is 4.90 Å². The first-order chi connectivity index (χ1) is 8.27. The van der Waals surface area contributed by atoms with Gasteiger partial charge in [0.15, 0.2) is 9.84 Å². The number of sulfone groups is 1. The highest BCUT2D eigenvalue weighted by molar-refractivity contribution is 7.92. The van der Waals surface area contributed by atoms with E-state index in [1.54, 1.807) is 18.2 Å². The van der Waals surface area contributed by atoms with Crippen LogP contribution >= 0.6 is 0 Å². The number of rotatable bonds is 5. The van der Waals surface area contributed by atoms with Gasteiger partial charge in [0.1, 0.15) is 5.75 Å². The Morgan fingerprint density at radius 2 is 1.78 bits per heavy atom. The summed E-state index contributed by atoms with van der Waals surface area (Å²) in [6.45, 7) is 5.66. The summed E-state index contributed by atoms with van der Waals surface area (Å²) in [5.74, 6) is -0.980. The molecule has 1 aromatic rings. The summed E-state index contributed by atoms with van der Waals surface area (Å²) in [7, 11) is -3.55. The predicted molar refractivity (Wildman–Crippen MR) is 71.0 cm³/mol. The van der Waals surface area contributed by atoms with E-state index in [-0.39, 0.29) is 10.4 Å². The van der Waals surface area contributed by atoms with Gasteiger partial charge in [-0.05, 0) is 32.4 Å². The van der Waals surface area contributed by atoms with Gasteiger partial charge in [-0.15, -0.1) is 0 Å². The van der Waals surface area contributed by atoms with Crippen LogP contribution in [0.4, 0.5) is 0 Å². The van der Waals surface area contributed by atoms with E-state index < -0.39 is 21.5 Å². The second-order valence-corrected chi connectivity index (χ2v) is 6.85. The van der Waals surface area contributed by atoms with Crippen LogP contribution < -0.4 is 5.32 Å². The molecule has 0 fully saturated rings. The highest BCUT2D eigenvalue weighted by atomic mass is 32.2. The molecule has 0 bridgehead atoms. The predicted octanol–water partition coefficient (Wildman–Crippen LogP) is 1.77. The fourth-order valence-electron chi connectivity index (χ4n) is 1.39. The number of carbonyl (C=O) groups excluding carboxylic acids is 1. The normalized spacial score (nSPS) is 12.2. The van der Waals surface area contributed by atoms with Gasteiger partial charge in [0.2, 0.25) is 5.91 Å². The minimum absolute atomic E-state index is 0.175. The van der Waals surface area contributed by atoms with Gasteiger partial charge in [0, 0.05) is 5.54 Å². The number of nitrogens with one attached hydrogen (secondary N) is 1. The number of amides is 1. The quantitative estimate of drug-likeness (QED) is 0.886. The van der Waals surface area contributed by atoms with Crippen LogP contribution in [0.5, 0.6) is 0 Å². The molecule has 0 aliphatic rings. The Balaban J connectivity index is 2.77. The molecular formula is C13H19NO3S. The van der Waals surface area contributed by atoms with E-state index >= 15 is 0 Å². The Bertz CT molecular complexity index is 506. The Labute approximate surface area is 108 Å². The zero-order chi connectivity index (χ0) is 13.8. The highest BCUT2D eigenvalue weighted by Gasteiger charge is 2.23. The maximum atomic E-state index is 12.0. The molecule has 0 aromatic heterocycles. The van der Waals surface area contributed by atoms with E-state index in [0.29, 0.717) is 0 Å². The largest absolute Gasteiger partial charge is 0.350 e. The molecule has 1 rings (SSSR count). The van der Waals surface area contributed by atoms with Gasteiger partial charge < -0.3 is 5.32 Å². The Morgan fingerprint density at radius 1 is 1.22 bits per heavy atom. The number of benzene rings is 1. The summed E-state index contributed by atoms with van der Waals surface area (Å²) >= 11 is 0. The van der Waals surface area contributed by atoms with Crippen molar-refractivity contribution in [2.75, 3.05) is 5.75 Å². The van der Waals surface area contributed by atoms with Crippen LogP contribution in [-0.4, -0.2) is 25.6 Å². The van der Waals surface area contributed by atoms with Crippen LogP contribution in [0.15, 0.2) is 35.2 Å². The van der Waals surface area contributed by atoms with Gasteiger partial charge in [-0.2, -0.15) is 0 Å². The van der Waals surface area contributed by atoms with E-state index in [4.69, 9.17) is 0 Å². The van der Waals surface area contributed by atoms with Crippen molar-refractivity contribution in [3.05, 3.63) is 30.3 Å². The van der Waals surface area contributed by atoms with E-state index in [1.807, 2.05) is 20.8 Å². The molecular weight excluding hydrogens is 250 g/mol. The van der Waals surface area contributed by atoms with Gasteiger partial charge >= 0.3 is 0 Å². The Kier molecular flexibility index (Phi) is 4.51. The van der Waals surface area contributed by atoms with E-state index in [1.165, 1.54) is 12.1 Å². The van der Waals surface area contributed by atoms with Crippen molar-refractivity contribution >= 4 is 15.7 Å². The molecule has 0 atom stereocenters. The van der Waals surface area contributed by atoms with E-state index in [0.717, 1.165) is 6.42 Å². The van der Waals surface area contributed by atoms with E-state index in [9.17, 15) is 13.2 Å².